The number of halogens is 1. The molecule has 2 aromatic carbocycles. The molecular formula is C18H14IN3O3. The summed E-state index contributed by atoms with van der Waals surface area (Å²) in [5.74, 6) is -2.44. The van der Waals surface area contributed by atoms with Gasteiger partial charge in [0.15, 0.2) is 5.92 Å². The van der Waals surface area contributed by atoms with Crippen LogP contribution in [0.15, 0.2) is 53.5 Å². The van der Waals surface area contributed by atoms with E-state index in [-0.39, 0.29) is 0 Å². The number of amides is 4. The summed E-state index contributed by atoms with van der Waals surface area (Å²) >= 11 is 2.15. The lowest BCUT2D eigenvalue weighted by Gasteiger charge is -2.29. The van der Waals surface area contributed by atoms with Crippen LogP contribution in [0.2, 0.25) is 0 Å². The molecule has 1 saturated heterocycles. The molecule has 0 aliphatic carbocycles. The second-order valence-electron chi connectivity index (χ2n) is 5.49. The molecule has 4 amide bonds. The van der Waals surface area contributed by atoms with Crippen molar-refractivity contribution in [3.8, 4) is 0 Å². The maximum atomic E-state index is 12.7. The summed E-state index contributed by atoms with van der Waals surface area (Å²) in [4.78, 5) is 42.2. The third-order valence-corrected chi connectivity index (χ3v) is 4.41. The first-order chi connectivity index (χ1) is 12.0. The average molecular weight is 447 g/mol. The van der Waals surface area contributed by atoms with Crippen molar-refractivity contribution in [2.75, 3.05) is 4.90 Å². The number of anilines is 1. The van der Waals surface area contributed by atoms with Crippen molar-refractivity contribution < 1.29 is 14.4 Å². The van der Waals surface area contributed by atoms with Crippen LogP contribution in [0.4, 0.5) is 16.2 Å². The largest absolute Gasteiger partial charge is 0.335 e. The number of rotatable bonds is 3. The second-order valence-corrected chi connectivity index (χ2v) is 6.74. The first kappa shape index (κ1) is 17.3. The third-order valence-electron chi connectivity index (χ3n) is 3.74. The molecule has 1 heterocycles. The van der Waals surface area contributed by atoms with Gasteiger partial charge < -0.3 is 0 Å². The number of urea groups is 1. The van der Waals surface area contributed by atoms with Crippen molar-refractivity contribution in [2.24, 2.45) is 10.9 Å². The van der Waals surface area contributed by atoms with Gasteiger partial charge >= 0.3 is 6.03 Å². The summed E-state index contributed by atoms with van der Waals surface area (Å²) < 4.78 is 0.989. The highest BCUT2D eigenvalue weighted by molar-refractivity contribution is 14.1. The van der Waals surface area contributed by atoms with Crippen LogP contribution in [0, 0.1) is 16.4 Å². The first-order valence-electron chi connectivity index (χ1n) is 7.51. The molecule has 0 bridgehead atoms. The number of nitrogens with one attached hydrogen (secondary N) is 1. The molecule has 7 heteroatoms. The quantitative estimate of drug-likeness (QED) is 0.446. The lowest BCUT2D eigenvalue weighted by Crippen LogP contribution is -2.58. The average Bonchev–Trinajstić information content (AvgIpc) is 2.56. The maximum absolute atomic E-state index is 12.7. The van der Waals surface area contributed by atoms with E-state index in [0.717, 1.165) is 14.0 Å². The number of aryl methyl sites for hydroxylation is 1. The highest BCUT2D eigenvalue weighted by Crippen LogP contribution is 2.24. The molecule has 1 atom stereocenters. The zero-order chi connectivity index (χ0) is 18.0. The molecule has 0 spiro atoms. The molecule has 0 radical (unpaired) electrons. The molecule has 2 aromatic rings. The zero-order valence-electron chi connectivity index (χ0n) is 13.3. The number of carbonyl (C=O) groups is 3. The van der Waals surface area contributed by atoms with Gasteiger partial charge in [-0.3, -0.25) is 19.9 Å². The van der Waals surface area contributed by atoms with Crippen molar-refractivity contribution in [1.29, 1.82) is 0 Å². The predicted molar refractivity (Wildman–Crippen MR) is 103 cm³/mol. The number of imide groups is 2. The van der Waals surface area contributed by atoms with E-state index >= 15 is 0 Å². The van der Waals surface area contributed by atoms with E-state index in [9.17, 15) is 14.4 Å². The van der Waals surface area contributed by atoms with E-state index < -0.39 is 23.8 Å². The topological polar surface area (TPSA) is 78.8 Å². The first-order valence-corrected chi connectivity index (χ1v) is 8.59. The number of hydrogen-bond acceptors (Lipinski definition) is 4. The number of barbiturate groups is 1. The molecule has 1 aliphatic rings. The van der Waals surface area contributed by atoms with Gasteiger partial charge in [-0.2, -0.15) is 0 Å². The van der Waals surface area contributed by atoms with E-state index in [1.165, 1.54) is 6.21 Å². The summed E-state index contributed by atoms with van der Waals surface area (Å²) in [5.41, 5.74) is 1.84. The lowest BCUT2D eigenvalue weighted by atomic mass is 10.0. The van der Waals surface area contributed by atoms with Crippen LogP contribution in [0.5, 0.6) is 0 Å². The van der Waals surface area contributed by atoms with Gasteiger partial charge in [-0.15, -0.1) is 0 Å². The highest BCUT2D eigenvalue weighted by atomic mass is 127. The van der Waals surface area contributed by atoms with Crippen molar-refractivity contribution >= 4 is 58.0 Å². The van der Waals surface area contributed by atoms with Gasteiger partial charge in [-0.05, 0) is 59.3 Å². The van der Waals surface area contributed by atoms with Crippen LogP contribution in [0.25, 0.3) is 0 Å². The smallest absolute Gasteiger partial charge is 0.276 e. The van der Waals surface area contributed by atoms with Crippen molar-refractivity contribution in [3.63, 3.8) is 0 Å². The molecular weight excluding hydrogens is 433 g/mol. The summed E-state index contributed by atoms with van der Waals surface area (Å²) in [6.45, 7) is 1.79. The summed E-state index contributed by atoms with van der Waals surface area (Å²) in [5, 5.41) is 2.22. The molecule has 1 N–H and O–H groups in total. The minimum atomic E-state index is -1.16. The summed E-state index contributed by atoms with van der Waals surface area (Å²) in [6.07, 6.45) is 1.28. The number of para-hydroxylation sites is 1. The Morgan fingerprint density at radius 2 is 1.88 bits per heavy atom. The Morgan fingerprint density at radius 1 is 1.12 bits per heavy atom. The van der Waals surface area contributed by atoms with Gasteiger partial charge in [-0.25, -0.2) is 9.69 Å². The van der Waals surface area contributed by atoms with Gasteiger partial charge in [0, 0.05) is 9.78 Å². The van der Waals surface area contributed by atoms with Crippen molar-refractivity contribution in [1.82, 2.24) is 5.32 Å². The Morgan fingerprint density at radius 3 is 2.60 bits per heavy atom. The predicted octanol–water partition coefficient (Wildman–Crippen LogP) is 3.20. The number of aliphatic imine (C=N–C) groups is 1. The van der Waals surface area contributed by atoms with Crippen LogP contribution in [-0.4, -0.2) is 24.1 Å². The zero-order valence-corrected chi connectivity index (χ0v) is 15.4. The standard InChI is InChI=1S/C18H14IN3O3/c1-11-5-2-3-8-15(11)22-17(24)14(16(23)21-18(22)25)10-20-13-7-4-6-12(19)9-13/h2-10,14H,1H3,(H,21,23,25)/t14-/m1/s1. The Labute approximate surface area is 158 Å². The Kier molecular flexibility index (Phi) is 4.93. The van der Waals surface area contributed by atoms with Gasteiger partial charge in [0.2, 0.25) is 5.91 Å². The van der Waals surface area contributed by atoms with Gasteiger partial charge in [-0.1, -0.05) is 24.3 Å². The fraction of sp³-hybridized carbons (Fsp3) is 0.111. The Bertz CT molecular complexity index is 895. The molecule has 0 aromatic heterocycles. The molecule has 0 unspecified atom stereocenters. The van der Waals surface area contributed by atoms with Crippen LogP contribution < -0.4 is 10.2 Å². The van der Waals surface area contributed by atoms with E-state index in [1.54, 1.807) is 31.2 Å². The van der Waals surface area contributed by atoms with Crippen LogP contribution >= 0.6 is 22.6 Å². The van der Waals surface area contributed by atoms with E-state index in [4.69, 9.17) is 0 Å². The molecule has 0 saturated carbocycles. The number of nitrogens with zero attached hydrogens (tertiary/aromatic N) is 2. The van der Waals surface area contributed by atoms with E-state index in [1.807, 2.05) is 24.3 Å². The molecule has 3 rings (SSSR count). The molecule has 1 fully saturated rings. The van der Waals surface area contributed by atoms with Crippen LogP contribution in [0.3, 0.4) is 0 Å². The van der Waals surface area contributed by atoms with Crippen molar-refractivity contribution in [2.45, 2.75) is 6.92 Å². The molecule has 6 nitrogen and oxygen atoms in total. The molecule has 1 aliphatic heterocycles. The van der Waals surface area contributed by atoms with Gasteiger partial charge in [0.05, 0.1) is 11.4 Å². The number of benzene rings is 2. The highest BCUT2D eigenvalue weighted by Gasteiger charge is 2.40. The Balaban J connectivity index is 1.92. The van der Waals surface area contributed by atoms with Crippen molar-refractivity contribution in [3.05, 3.63) is 57.7 Å². The maximum Gasteiger partial charge on any atom is 0.335 e. The van der Waals surface area contributed by atoms with E-state index in [2.05, 4.69) is 32.9 Å². The lowest BCUT2D eigenvalue weighted by molar-refractivity contribution is -0.131. The molecule has 25 heavy (non-hydrogen) atoms. The molecule has 126 valence electrons. The van der Waals surface area contributed by atoms with Crippen LogP contribution in [0.1, 0.15) is 5.56 Å². The summed E-state index contributed by atoms with van der Waals surface area (Å²) in [6, 6.07) is 13.6. The number of carbonyl (C=O) groups excluding carboxylic acids is 3. The fourth-order valence-electron chi connectivity index (χ4n) is 2.48. The Hall–Kier alpha value is -2.55. The summed E-state index contributed by atoms with van der Waals surface area (Å²) in [7, 11) is 0. The van der Waals surface area contributed by atoms with E-state index in [0.29, 0.717) is 11.4 Å². The monoisotopic (exact) mass is 447 g/mol. The fourth-order valence-corrected chi connectivity index (χ4v) is 3.01. The van der Waals surface area contributed by atoms with Crippen LogP contribution in [-0.2, 0) is 9.59 Å². The minimum absolute atomic E-state index is 0.449. The normalized spacial score (nSPS) is 17.9. The SMILES string of the molecule is Cc1ccccc1N1C(=O)NC(=O)[C@@H](C=Nc2cccc(I)c2)C1=O. The number of hydrogen-bond donors (Lipinski definition) is 1. The van der Waals surface area contributed by atoms with Gasteiger partial charge in [0.25, 0.3) is 5.91 Å². The second kappa shape index (κ2) is 7.14. The minimum Gasteiger partial charge on any atom is -0.276 e. The van der Waals surface area contributed by atoms with Gasteiger partial charge in [0.1, 0.15) is 0 Å². The third kappa shape index (κ3) is 3.60.